The van der Waals surface area contributed by atoms with Gasteiger partial charge in [0.05, 0.1) is 6.04 Å². The molecule has 5 heteroatoms. The lowest BCUT2D eigenvalue weighted by Crippen LogP contribution is -2.30. The van der Waals surface area contributed by atoms with Gasteiger partial charge in [0, 0.05) is 30.2 Å². The molecule has 5 nitrogen and oxygen atoms in total. The molecule has 1 fully saturated rings. The van der Waals surface area contributed by atoms with Crippen LogP contribution in [0.15, 0.2) is 24.4 Å². The number of nitrogens with two attached hydrogens (primary N) is 1. The van der Waals surface area contributed by atoms with E-state index in [-0.39, 0.29) is 0 Å². The van der Waals surface area contributed by atoms with Crippen LogP contribution in [0.1, 0.15) is 48.7 Å². The van der Waals surface area contributed by atoms with Crippen molar-refractivity contribution < 1.29 is 0 Å². The molecule has 0 saturated carbocycles. The summed E-state index contributed by atoms with van der Waals surface area (Å²) in [6.07, 6.45) is 6.64. The van der Waals surface area contributed by atoms with E-state index in [0.717, 1.165) is 30.2 Å². The molecule has 1 aliphatic rings. The van der Waals surface area contributed by atoms with E-state index < -0.39 is 0 Å². The lowest BCUT2D eigenvalue weighted by molar-refractivity contribution is 0.591. The number of pyridine rings is 1. The van der Waals surface area contributed by atoms with Gasteiger partial charge in [0.25, 0.3) is 0 Å². The first-order valence-corrected chi connectivity index (χ1v) is 7.94. The Bertz CT molecular complexity index is 635. The maximum absolute atomic E-state index is 5.86. The van der Waals surface area contributed by atoms with Crippen LogP contribution in [0.25, 0.3) is 0 Å². The molecule has 3 heterocycles. The molecule has 2 aromatic heterocycles. The van der Waals surface area contributed by atoms with Gasteiger partial charge in [-0.25, -0.2) is 4.98 Å². The fourth-order valence-electron chi connectivity index (χ4n) is 3.28. The molecule has 3 rings (SSSR count). The van der Waals surface area contributed by atoms with Crippen LogP contribution < -0.4 is 10.6 Å². The molecule has 116 valence electrons. The van der Waals surface area contributed by atoms with Gasteiger partial charge < -0.3 is 10.6 Å². The zero-order chi connectivity index (χ0) is 15.5. The van der Waals surface area contributed by atoms with E-state index in [4.69, 9.17) is 5.73 Å². The van der Waals surface area contributed by atoms with Crippen LogP contribution in [0.2, 0.25) is 0 Å². The minimum Gasteiger partial charge on any atom is -0.368 e. The number of rotatable bonds is 2. The number of anilines is 2. The quantitative estimate of drug-likeness (QED) is 0.922. The molecular weight excluding hydrogens is 274 g/mol. The van der Waals surface area contributed by atoms with Gasteiger partial charge >= 0.3 is 0 Å². The maximum atomic E-state index is 5.86. The second-order valence-corrected chi connectivity index (χ2v) is 5.96. The number of hydrogen-bond donors (Lipinski definition) is 1. The van der Waals surface area contributed by atoms with Crippen molar-refractivity contribution in [2.24, 2.45) is 0 Å². The Morgan fingerprint density at radius 1 is 1.18 bits per heavy atom. The monoisotopic (exact) mass is 297 g/mol. The van der Waals surface area contributed by atoms with Gasteiger partial charge in [-0.15, -0.1) is 0 Å². The number of aryl methyl sites for hydroxylation is 2. The number of hydrogen-bond acceptors (Lipinski definition) is 5. The van der Waals surface area contributed by atoms with Crippen LogP contribution in [-0.4, -0.2) is 21.5 Å². The van der Waals surface area contributed by atoms with Crippen molar-refractivity contribution in [3.63, 3.8) is 0 Å². The highest BCUT2D eigenvalue weighted by Crippen LogP contribution is 2.34. The molecule has 2 N–H and O–H groups in total. The minimum atomic E-state index is 0.310. The number of nitrogen functional groups attached to an aromatic ring is 1. The Morgan fingerprint density at radius 2 is 2.05 bits per heavy atom. The van der Waals surface area contributed by atoms with E-state index in [2.05, 4.69) is 32.8 Å². The molecule has 22 heavy (non-hydrogen) atoms. The first-order chi connectivity index (χ1) is 10.6. The highest BCUT2D eigenvalue weighted by molar-refractivity contribution is 5.47. The van der Waals surface area contributed by atoms with Crippen LogP contribution in [0.3, 0.4) is 0 Å². The zero-order valence-electron chi connectivity index (χ0n) is 13.3. The first kappa shape index (κ1) is 14.8. The minimum absolute atomic E-state index is 0.310. The summed E-state index contributed by atoms with van der Waals surface area (Å²) in [6.45, 7) is 5.04. The Morgan fingerprint density at radius 3 is 2.82 bits per heavy atom. The van der Waals surface area contributed by atoms with Crippen LogP contribution in [0, 0.1) is 13.8 Å². The molecule has 2 aromatic rings. The second-order valence-electron chi connectivity index (χ2n) is 5.96. The van der Waals surface area contributed by atoms with Gasteiger partial charge in [0.15, 0.2) is 0 Å². The molecule has 1 aliphatic heterocycles. The van der Waals surface area contributed by atoms with Gasteiger partial charge in [-0.3, -0.25) is 4.98 Å². The van der Waals surface area contributed by atoms with Crippen LogP contribution >= 0.6 is 0 Å². The Labute approximate surface area is 131 Å². The third-order valence-electron chi connectivity index (χ3n) is 4.31. The molecule has 0 radical (unpaired) electrons. The largest absolute Gasteiger partial charge is 0.368 e. The summed E-state index contributed by atoms with van der Waals surface area (Å²) in [7, 11) is 0. The third-order valence-corrected chi connectivity index (χ3v) is 4.31. The SMILES string of the molecule is Cc1cc(N2CCCCC[C@@H]2c2cccnc2C)nc(N)n1. The summed E-state index contributed by atoms with van der Waals surface area (Å²) >= 11 is 0. The molecule has 0 aliphatic carbocycles. The van der Waals surface area contributed by atoms with Crippen molar-refractivity contribution in [1.82, 2.24) is 15.0 Å². The Balaban J connectivity index is 2.03. The topological polar surface area (TPSA) is 67.9 Å². The van der Waals surface area contributed by atoms with E-state index in [9.17, 15) is 0 Å². The van der Waals surface area contributed by atoms with E-state index >= 15 is 0 Å². The number of nitrogens with zero attached hydrogens (tertiary/aromatic N) is 4. The molecule has 0 unspecified atom stereocenters. The second kappa shape index (κ2) is 6.30. The highest BCUT2D eigenvalue weighted by Gasteiger charge is 2.25. The summed E-state index contributed by atoms with van der Waals surface area (Å²) in [5.74, 6) is 1.28. The van der Waals surface area contributed by atoms with Crippen LogP contribution in [-0.2, 0) is 0 Å². The Kier molecular flexibility index (Phi) is 4.22. The van der Waals surface area contributed by atoms with Crippen molar-refractivity contribution in [2.45, 2.75) is 45.6 Å². The van der Waals surface area contributed by atoms with Crippen molar-refractivity contribution in [3.8, 4) is 0 Å². The summed E-state index contributed by atoms with van der Waals surface area (Å²) in [4.78, 5) is 15.5. The molecule has 0 bridgehead atoms. The van der Waals surface area contributed by atoms with Crippen molar-refractivity contribution >= 4 is 11.8 Å². The van der Waals surface area contributed by atoms with E-state index in [1.54, 1.807) is 0 Å². The average molecular weight is 297 g/mol. The molecule has 0 amide bonds. The van der Waals surface area contributed by atoms with Gasteiger partial charge in [-0.2, -0.15) is 4.98 Å². The summed E-state index contributed by atoms with van der Waals surface area (Å²) in [5.41, 5.74) is 9.15. The van der Waals surface area contributed by atoms with Gasteiger partial charge in [-0.05, 0) is 38.3 Å². The van der Waals surface area contributed by atoms with Crippen molar-refractivity contribution in [2.75, 3.05) is 17.2 Å². The molecule has 0 spiro atoms. The predicted octanol–water partition coefficient (Wildman–Crippen LogP) is 3.19. The average Bonchev–Trinajstić information content (AvgIpc) is 2.72. The lowest BCUT2D eigenvalue weighted by Gasteiger charge is -2.32. The fraction of sp³-hybridized carbons (Fsp3) is 0.471. The van der Waals surface area contributed by atoms with Crippen molar-refractivity contribution in [3.05, 3.63) is 41.3 Å². The van der Waals surface area contributed by atoms with Crippen molar-refractivity contribution in [1.29, 1.82) is 0 Å². The van der Waals surface area contributed by atoms with Gasteiger partial charge in [-0.1, -0.05) is 18.9 Å². The summed E-state index contributed by atoms with van der Waals surface area (Å²) < 4.78 is 0. The molecular formula is C17H23N5. The predicted molar refractivity (Wildman–Crippen MR) is 88.7 cm³/mol. The van der Waals surface area contributed by atoms with Gasteiger partial charge in [0.1, 0.15) is 5.82 Å². The zero-order valence-corrected chi connectivity index (χ0v) is 13.3. The van der Waals surface area contributed by atoms with Crippen LogP contribution in [0.5, 0.6) is 0 Å². The highest BCUT2D eigenvalue weighted by atomic mass is 15.2. The van der Waals surface area contributed by atoms with E-state index in [0.29, 0.717) is 12.0 Å². The first-order valence-electron chi connectivity index (χ1n) is 7.94. The third kappa shape index (κ3) is 3.03. The lowest BCUT2D eigenvalue weighted by atomic mass is 9.99. The number of aromatic nitrogens is 3. The standard InChI is InChI=1S/C17H23N5/c1-12-11-16(21-17(18)20-12)22-10-5-3-4-8-15(22)14-7-6-9-19-13(14)2/h6-7,9,11,15H,3-5,8,10H2,1-2H3,(H2,18,20,21)/t15-/m1/s1. The molecule has 0 aromatic carbocycles. The van der Waals surface area contributed by atoms with Crippen LogP contribution in [0.4, 0.5) is 11.8 Å². The molecule has 1 atom stereocenters. The fourth-order valence-corrected chi connectivity index (χ4v) is 3.28. The summed E-state index contributed by atoms with van der Waals surface area (Å²) in [6, 6.07) is 6.54. The normalized spacial score (nSPS) is 19.0. The van der Waals surface area contributed by atoms with Gasteiger partial charge in [0.2, 0.25) is 5.95 Å². The Hall–Kier alpha value is -2.17. The molecule has 1 saturated heterocycles. The van der Waals surface area contributed by atoms with E-state index in [1.165, 1.54) is 24.8 Å². The van der Waals surface area contributed by atoms with E-state index in [1.807, 2.05) is 25.3 Å². The smallest absolute Gasteiger partial charge is 0.222 e. The summed E-state index contributed by atoms with van der Waals surface area (Å²) in [5, 5.41) is 0. The maximum Gasteiger partial charge on any atom is 0.222 e.